The molecule has 28 heavy (non-hydrogen) atoms. The van der Waals surface area contributed by atoms with Gasteiger partial charge in [-0.1, -0.05) is 17.7 Å². The first-order chi connectivity index (χ1) is 13.6. The van der Waals surface area contributed by atoms with Crippen molar-refractivity contribution in [2.45, 2.75) is 38.3 Å². The lowest BCUT2D eigenvalue weighted by Gasteiger charge is -2.42. The van der Waals surface area contributed by atoms with Gasteiger partial charge in [-0.15, -0.1) is 11.3 Å². The molecule has 0 unspecified atom stereocenters. The van der Waals surface area contributed by atoms with E-state index >= 15 is 0 Å². The molecule has 2 atom stereocenters. The number of piperidine rings is 1. The Balaban J connectivity index is 1.40. The molecule has 0 aromatic carbocycles. The van der Waals surface area contributed by atoms with Gasteiger partial charge in [0, 0.05) is 43.4 Å². The molecule has 5 heterocycles. The van der Waals surface area contributed by atoms with Gasteiger partial charge < -0.3 is 9.47 Å². The summed E-state index contributed by atoms with van der Waals surface area (Å²) in [6.07, 6.45) is 3.51. The van der Waals surface area contributed by atoms with Gasteiger partial charge in [0.25, 0.3) is 11.5 Å². The monoisotopic (exact) mass is 417 g/mol. The summed E-state index contributed by atoms with van der Waals surface area (Å²) in [7, 11) is 0. The maximum absolute atomic E-state index is 13.1. The summed E-state index contributed by atoms with van der Waals surface area (Å²) in [6.45, 7) is 5.01. The number of amides is 1. The van der Waals surface area contributed by atoms with Gasteiger partial charge in [-0.3, -0.25) is 14.5 Å². The van der Waals surface area contributed by atoms with Crippen molar-refractivity contribution in [3.05, 3.63) is 55.1 Å². The molecule has 2 fully saturated rings. The second kappa shape index (κ2) is 7.32. The number of likely N-dealkylation sites (tertiary alicyclic amines) is 2. The molecule has 0 saturated carbocycles. The number of aromatic nitrogens is 1. The molecule has 3 aliphatic rings. The molecule has 0 aliphatic carbocycles. The Hall–Kier alpha value is -1.63. The van der Waals surface area contributed by atoms with E-state index in [1.807, 2.05) is 20.9 Å². The number of thiophene rings is 1. The maximum atomic E-state index is 13.1. The van der Waals surface area contributed by atoms with Crippen LogP contribution in [0.5, 0.6) is 0 Å². The van der Waals surface area contributed by atoms with Gasteiger partial charge in [0.2, 0.25) is 0 Å². The minimum atomic E-state index is 0.0242. The molecule has 1 amide bonds. The number of nitrogens with zero attached hydrogens (tertiary/aromatic N) is 3. The van der Waals surface area contributed by atoms with Crippen LogP contribution >= 0.6 is 22.9 Å². The number of rotatable bonds is 3. The molecule has 3 aliphatic heterocycles. The van der Waals surface area contributed by atoms with Crippen LogP contribution in [0.25, 0.3) is 0 Å². The van der Waals surface area contributed by atoms with E-state index in [1.54, 1.807) is 6.07 Å². The molecule has 2 saturated heterocycles. The Labute approximate surface area is 173 Å². The second-order valence-corrected chi connectivity index (χ2v) is 9.61. The average molecular weight is 418 g/mol. The maximum Gasteiger partial charge on any atom is 0.265 e. The molecule has 5 rings (SSSR count). The molecule has 0 radical (unpaired) electrons. The number of hydrogen-bond donors (Lipinski definition) is 0. The van der Waals surface area contributed by atoms with E-state index in [-0.39, 0.29) is 17.4 Å². The number of carbonyl (C=O) groups excluding carboxylic acids is 1. The van der Waals surface area contributed by atoms with Crippen LogP contribution in [0.1, 0.15) is 46.1 Å². The van der Waals surface area contributed by atoms with Crippen LogP contribution < -0.4 is 5.56 Å². The van der Waals surface area contributed by atoms with Crippen molar-refractivity contribution in [1.82, 2.24) is 14.4 Å². The van der Waals surface area contributed by atoms with Crippen LogP contribution in [0.2, 0.25) is 5.02 Å². The second-order valence-electron chi connectivity index (χ2n) is 8.29. The first-order valence-corrected chi connectivity index (χ1v) is 11.3. The third-order valence-electron chi connectivity index (χ3n) is 6.37. The molecular weight excluding hydrogens is 394 g/mol. The summed E-state index contributed by atoms with van der Waals surface area (Å²) >= 11 is 7.58. The highest BCUT2D eigenvalue weighted by atomic mass is 35.5. The summed E-state index contributed by atoms with van der Waals surface area (Å²) in [5.41, 5.74) is 2.16. The molecule has 0 spiro atoms. The van der Waals surface area contributed by atoms with E-state index in [4.69, 9.17) is 11.6 Å². The summed E-state index contributed by atoms with van der Waals surface area (Å²) in [6, 6.07) is 5.92. The molecular formula is C21H24ClN3O2S. The molecule has 2 bridgehead atoms. The number of fused-ring (bicyclic) bond motifs is 4. The SMILES string of the molecule is O=C(c1sccc1Cl)N1C[C@@H]2C[C@H](C1)c1ccc(CN3CCCC3)c(=O)n1C2. The normalized spacial score (nSPS) is 24.4. The van der Waals surface area contributed by atoms with E-state index < -0.39 is 0 Å². The fourth-order valence-corrected chi connectivity index (χ4v) is 6.15. The minimum absolute atomic E-state index is 0.0242. The van der Waals surface area contributed by atoms with Crippen LogP contribution in [0, 0.1) is 5.92 Å². The lowest BCUT2D eigenvalue weighted by atomic mass is 9.83. The minimum Gasteiger partial charge on any atom is -0.337 e. The van der Waals surface area contributed by atoms with E-state index in [1.165, 1.54) is 24.2 Å². The van der Waals surface area contributed by atoms with Crippen molar-refractivity contribution >= 4 is 28.8 Å². The summed E-state index contributed by atoms with van der Waals surface area (Å²) < 4.78 is 1.99. The van der Waals surface area contributed by atoms with Gasteiger partial charge in [-0.2, -0.15) is 0 Å². The summed E-state index contributed by atoms with van der Waals surface area (Å²) in [4.78, 5) is 31.0. The Bertz CT molecular complexity index is 963. The number of halogens is 1. The Kier molecular flexibility index (Phi) is 4.81. The molecule has 5 nitrogen and oxygen atoms in total. The van der Waals surface area contributed by atoms with Crippen molar-refractivity contribution in [3.8, 4) is 0 Å². The zero-order chi connectivity index (χ0) is 19.3. The van der Waals surface area contributed by atoms with Gasteiger partial charge in [0.05, 0.1) is 5.02 Å². The predicted octanol–water partition coefficient (Wildman–Crippen LogP) is 3.42. The van der Waals surface area contributed by atoms with E-state index in [2.05, 4.69) is 11.0 Å². The largest absolute Gasteiger partial charge is 0.337 e. The van der Waals surface area contributed by atoms with Gasteiger partial charge in [0.1, 0.15) is 4.88 Å². The van der Waals surface area contributed by atoms with Crippen molar-refractivity contribution in [3.63, 3.8) is 0 Å². The molecule has 7 heteroatoms. The van der Waals surface area contributed by atoms with Gasteiger partial charge in [0.15, 0.2) is 0 Å². The summed E-state index contributed by atoms with van der Waals surface area (Å²) in [5, 5.41) is 2.39. The van der Waals surface area contributed by atoms with Crippen LogP contribution in [0.4, 0.5) is 0 Å². The average Bonchev–Trinajstić information content (AvgIpc) is 3.35. The fraction of sp³-hybridized carbons (Fsp3) is 0.524. The van der Waals surface area contributed by atoms with Gasteiger partial charge in [-0.05, 0) is 55.8 Å². The molecule has 148 valence electrons. The third-order valence-corrected chi connectivity index (χ3v) is 7.70. The van der Waals surface area contributed by atoms with Crippen LogP contribution in [-0.2, 0) is 13.1 Å². The van der Waals surface area contributed by atoms with Crippen molar-refractivity contribution in [2.75, 3.05) is 26.2 Å². The Morgan fingerprint density at radius 3 is 2.71 bits per heavy atom. The van der Waals surface area contributed by atoms with E-state index in [9.17, 15) is 9.59 Å². The predicted molar refractivity (Wildman–Crippen MR) is 111 cm³/mol. The van der Waals surface area contributed by atoms with Gasteiger partial charge >= 0.3 is 0 Å². The molecule has 2 aromatic heterocycles. The molecule has 2 aromatic rings. The smallest absolute Gasteiger partial charge is 0.265 e. The zero-order valence-electron chi connectivity index (χ0n) is 15.8. The quantitative estimate of drug-likeness (QED) is 0.768. The summed E-state index contributed by atoms with van der Waals surface area (Å²) in [5.74, 6) is 0.577. The standard InChI is InChI=1S/C21H24ClN3O2S/c22-17-5-8-28-19(17)21(27)24-10-14-9-16(13-24)18-4-3-15(20(26)25(18)11-14)12-23-6-1-2-7-23/h3-5,8,14,16H,1-2,6-7,9-13H2/t14-,16+/m0/s1. The number of hydrogen-bond acceptors (Lipinski definition) is 4. The highest BCUT2D eigenvalue weighted by Gasteiger charge is 2.37. The van der Waals surface area contributed by atoms with Crippen LogP contribution in [0.3, 0.4) is 0 Å². The van der Waals surface area contributed by atoms with Crippen LogP contribution in [0.15, 0.2) is 28.4 Å². The van der Waals surface area contributed by atoms with E-state index in [0.29, 0.717) is 35.5 Å². The number of pyridine rings is 1. The van der Waals surface area contributed by atoms with E-state index in [0.717, 1.165) is 37.3 Å². The zero-order valence-corrected chi connectivity index (χ0v) is 17.3. The fourth-order valence-electron chi connectivity index (χ4n) is 5.05. The first kappa shape index (κ1) is 18.4. The van der Waals surface area contributed by atoms with Crippen molar-refractivity contribution in [1.29, 1.82) is 0 Å². The van der Waals surface area contributed by atoms with Crippen molar-refractivity contribution in [2.24, 2.45) is 5.92 Å². The number of carbonyl (C=O) groups is 1. The third kappa shape index (κ3) is 3.21. The lowest BCUT2D eigenvalue weighted by molar-refractivity contribution is 0.0599. The Morgan fingerprint density at radius 1 is 1.14 bits per heavy atom. The highest BCUT2D eigenvalue weighted by Crippen LogP contribution is 2.36. The van der Waals surface area contributed by atoms with Gasteiger partial charge in [-0.25, -0.2) is 0 Å². The lowest BCUT2D eigenvalue weighted by Crippen LogP contribution is -2.49. The van der Waals surface area contributed by atoms with Crippen LogP contribution in [-0.4, -0.2) is 46.5 Å². The first-order valence-electron chi connectivity index (χ1n) is 10.1. The van der Waals surface area contributed by atoms with Crippen molar-refractivity contribution < 1.29 is 4.79 Å². The topological polar surface area (TPSA) is 45.6 Å². The Morgan fingerprint density at radius 2 is 1.96 bits per heavy atom. The highest BCUT2D eigenvalue weighted by molar-refractivity contribution is 7.12. The molecule has 0 N–H and O–H groups in total.